The maximum atomic E-state index is 11.3. The fourth-order valence-corrected chi connectivity index (χ4v) is 1.60. The molecule has 0 aromatic carbocycles. The summed E-state index contributed by atoms with van der Waals surface area (Å²) < 4.78 is 14.8. The molecular weight excluding hydrogens is 264 g/mol. The monoisotopic (exact) mass is 288 g/mol. The van der Waals surface area contributed by atoms with Crippen molar-refractivity contribution in [2.75, 3.05) is 19.8 Å². The van der Waals surface area contributed by atoms with Crippen molar-refractivity contribution in [2.45, 2.75) is 57.7 Å². The van der Waals surface area contributed by atoms with Crippen LogP contribution in [0.15, 0.2) is 0 Å². The summed E-state index contributed by atoms with van der Waals surface area (Å²) in [6, 6.07) is 0. The zero-order valence-corrected chi connectivity index (χ0v) is 12.0. The molecule has 2 unspecified atom stereocenters. The maximum Gasteiger partial charge on any atom is 0.305 e. The molecule has 0 radical (unpaired) electrons. The van der Waals surface area contributed by atoms with Gasteiger partial charge in [-0.1, -0.05) is 12.8 Å². The summed E-state index contributed by atoms with van der Waals surface area (Å²) in [5.74, 6) is -0.466. The molecule has 0 aromatic rings. The summed E-state index contributed by atoms with van der Waals surface area (Å²) in [4.78, 5) is 22.5. The Hall–Kier alpha value is -1.14. The molecule has 6 heteroatoms. The highest BCUT2D eigenvalue weighted by Gasteiger charge is 2.23. The van der Waals surface area contributed by atoms with E-state index in [9.17, 15) is 9.59 Å². The lowest BCUT2D eigenvalue weighted by Crippen LogP contribution is -2.14. The summed E-state index contributed by atoms with van der Waals surface area (Å²) in [7, 11) is 0. The quantitative estimate of drug-likeness (QED) is 0.349. The van der Waals surface area contributed by atoms with E-state index in [4.69, 9.17) is 19.3 Å². The van der Waals surface area contributed by atoms with Gasteiger partial charge in [0, 0.05) is 12.8 Å². The van der Waals surface area contributed by atoms with Crippen LogP contribution >= 0.6 is 0 Å². The SMILES string of the molecule is CC(O)COC(=O)CCCCCCC(=O)OCC1CO1. The van der Waals surface area contributed by atoms with Gasteiger partial charge >= 0.3 is 11.9 Å². The number of ether oxygens (including phenoxy) is 3. The van der Waals surface area contributed by atoms with Crippen LogP contribution in [0.5, 0.6) is 0 Å². The van der Waals surface area contributed by atoms with Crippen LogP contribution in [0.2, 0.25) is 0 Å². The summed E-state index contributed by atoms with van der Waals surface area (Å²) in [5.41, 5.74) is 0. The number of epoxide rings is 1. The standard InChI is InChI=1S/C14H24O6/c1-11(15)8-19-13(16)6-4-2-3-5-7-14(17)20-10-12-9-18-12/h11-12,15H,2-10H2,1H3. The molecule has 20 heavy (non-hydrogen) atoms. The molecule has 1 fully saturated rings. The molecule has 0 spiro atoms. The Bertz CT molecular complexity index is 276. The molecule has 2 atom stereocenters. The second kappa shape index (κ2) is 9.72. The van der Waals surface area contributed by atoms with Gasteiger partial charge in [0.05, 0.1) is 12.7 Å². The van der Waals surface area contributed by atoms with Crippen molar-refractivity contribution in [3.05, 3.63) is 0 Å². The van der Waals surface area contributed by atoms with E-state index in [-0.39, 0.29) is 24.6 Å². The first-order valence-corrected chi connectivity index (χ1v) is 7.19. The first-order chi connectivity index (χ1) is 9.58. The van der Waals surface area contributed by atoms with Gasteiger partial charge in [0.15, 0.2) is 0 Å². The molecule has 1 heterocycles. The third-order valence-corrected chi connectivity index (χ3v) is 2.83. The minimum Gasteiger partial charge on any atom is -0.463 e. The van der Waals surface area contributed by atoms with Crippen LogP contribution in [0.25, 0.3) is 0 Å². The number of carbonyl (C=O) groups excluding carboxylic acids is 2. The zero-order chi connectivity index (χ0) is 14.8. The molecule has 0 aromatic heterocycles. The molecule has 1 N–H and O–H groups in total. The van der Waals surface area contributed by atoms with E-state index in [0.717, 1.165) is 25.7 Å². The maximum absolute atomic E-state index is 11.3. The third-order valence-electron chi connectivity index (χ3n) is 2.83. The van der Waals surface area contributed by atoms with E-state index < -0.39 is 6.10 Å². The van der Waals surface area contributed by atoms with Crippen molar-refractivity contribution < 1.29 is 28.9 Å². The molecule has 0 bridgehead atoms. The summed E-state index contributed by atoms with van der Waals surface area (Å²) >= 11 is 0. The fraction of sp³-hybridized carbons (Fsp3) is 0.857. The van der Waals surface area contributed by atoms with E-state index in [2.05, 4.69) is 0 Å². The highest BCUT2D eigenvalue weighted by atomic mass is 16.6. The Morgan fingerprint density at radius 1 is 1.15 bits per heavy atom. The Labute approximate surface area is 119 Å². The third kappa shape index (κ3) is 9.75. The molecule has 1 saturated heterocycles. The van der Waals surface area contributed by atoms with Crippen LogP contribution in [0.3, 0.4) is 0 Å². The van der Waals surface area contributed by atoms with Gasteiger partial charge < -0.3 is 19.3 Å². The van der Waals surface area contributed by atoms with Crippen LogP contribution in [0.1, 0.15) is 45.4 Å². The van der Waals surface area contributed by atoms with E-state index in [0.29, 0.717) is 26.1 Å². The van der Waals surface area contributed by atoms with E-state index in [1.54, 1.807) is 6.92 Å². The Kier molecular flexibility index (Phi) is 8.22. The minimum atomic E-state index is -0.619. The van der Waals surface area contributed by atoms with Crippen molar-refractivity contribution in [1.82, 2.24) is 0 Å². The molecule has 116 valence electrons. The van der Waals surface area contributed by atoms with E-state index >= 15 is 0 Å². The van der Waals surface area contributed by atoms with Gasteiger partial charge in [-0.3, -0.25) is 9.59 Å². The summed E-state index contributed by atoms with van der Waals surface area (Å²) in [6.07, 6.45) is 3.55. The number of aliphatic hydroxyl groups excluding tert-OH is 1. The van der Waals surface area contributed by atoms with Gasteiger partial charge in [-0.15, -0.1) is 0 Å². The lowest BCUT2D eigenvalue weighted by atomic mass is 10.1. The van der Waals surface area contributed by atoms with Gasteiger partial charge in [-0.05, 0) is 19.8 Å². The predicted octanol–water partition coefficient (Wildman–Crippen LogP) is 1.19. The molecule has 1 aliphatic heterocycles. The molecule has 1 rings (SSSR count). The summed E-state index contributed by atoms with van der Waals surface area (Å²) in [5, 5.41) is 8.95. The second-order valence-corrected chi connectivity index (χ2v) is 5.08. The van der Waals surface area contributed by atoms with Crippen molar-refractivity contribution in [1.29, 1.82) is 0 Å². The van der Waals surface area contributed by atoms with Crippen LogP contribution in [-0.2, 0) is 23.8 Å². The lowest BCUT2D eigenvalue weighted by Gasteiger charge is -2.06. The molecular formula is C14H24O6. The van der Waals surface area contributed by atoms with E-state index in [1.807, 2.05) is 0 Å². The topological polar surface area (TPSA) is 85.4 Å². The lowest BCUT2D eigenvalue weighted by molar-refractivity contribution is -0.146. The average Bonchev–Trinajstić information content (AvgIpc) is 3.22. The number of carbonyl (C=O) groups is 2. The number of hydrogen-bond acceptors (Lipinski definition) is 6. The Morgan fingerprint density at radius 2 is 1.70 bits per heavy atom. The molecule has 1 aliphatic rings. The smallest absolute Gasteiger partial charge is 0.305 e. The first-order valence-electron chi connectivity index (χ1n) is 7.19. The van der Waals surface area contributed by atoms with E-state index in [1.165, 1.54) is 0 Å². The van der Waals surface area contributed by atoms with Gasteiger partial charge in [0.2, 0.25) is 0 Å². The first kappa shape index (κ1) is 16.9. The normalized spacial score (nSPS) is 18.4. The van der Waals surface area contributed by atoms with Crippen molar-refractivity contribution in [3.63, 3.8) is 0 Å². The average molecular weight is 288 g/mol. The van der Waals surface area contributed by atoms with Crippen molar-refractivity contribution in [3.8, 4) is 0 Å². The minimum absolute atomic E-state index is 0.0510. The Balaban J connectivity index is 1.83. The number of hydrogen-bond donors (Lipinski definition) is 1. The van der Waals surface area contributed by atoms with Gasteiger partial charge in [-0.2, -0.15) is 0 Å². The highest BCUT2D eigenvalue weighted by molar-refractivity contribution is 5.69. The molecule has 0 aliphatic carbocycles. The number of unbranched alkanes of at least 4 members (excludes halogenated alkanes) is 3. The predicted molar refractivity (Wildman–Crippen MR) is 71.0 cm³/mol. The van der Waals surface area contributed by atoms with Crippen LogP contribution in [-0.4, -0.2) is 49.1 Å². The number of aliphatic hydroxyl groups is 1. The largest absolute Gasteiger partial charge is 0.463 e. The highest BCUT2D eigenvalue weighted by Crippen LogP contribution is 2.10. The number of esters is 2. The molecule has 0 saturated carbocycles. The van der Waals surface area contributed by atoms with Gasteiger partial charge in [-0.25, -0.2) is 0 Å². The summed E-state index contributed by atoms with van der Waals surface area (Å²) in [6.45, 7) is 2.68. The van der Waals surface area contributed by atoms with Crippen LogP contribution in [0, 0.1) is 0 Å². The number of rotatable bonds is 11. The molecule has 6 nitrogen and oxygen atoms in total. The second-order valence-electron chi connectivity index (χ2n) is 5.08. The van der Waals surface area contributed by atoms with Crippen molar-refractivity contribution >= 4 is 11.9 Å². The van der Waals surface area contributed by atoms with Gasteiger partial charge in [0.25, 0.3) is 0 Å². The van der Waals surface area contributed by atoms with Crippen molar-refractivity contribution in [2.24, 2.45) is 0 Å². The van der Waals surface area contributed by atoms with Gasteiger partial charge in [0.1, 0.15) is 19.3 Å². The van der Waals surface area contributed by atoms with Crippen LogP contribution < -0.4 is 0 Å². The zero-order valence-electron chi connectivity index (χ0n) is 12.0. The Morgan fingerprint density at radius 3 is 2.20 bits per heavy atom. The molecule has 0 amide bonds. The fourth-order valence-electron chi connectivity index (χ4n) is 1.60. The van der Waals surface area contributed by atoms with Crippen LogP contribution in [0.4, 0.5) is 0 Å².